The SMILES string of the molecule is Fc1ccc(C/C=C/C2(c3ccc4c(c3)OCO4)CC2)cc1Oc1ccccc1. The van der Waals surface area contributed by atoms with Gasteiger partial charge in [0.05, 0.1) is 0 Å². The molecule has 1 aliphatic heterocycles. The molecular weight excluding hydrogens is 367 g/mol. The summed E-state index contributed by atoms with van der Waals surface area (Å²) in [6.07, 6.45) is 7.39. The van der Waals surface area contributed by atoms with E-state index in [0.717, 1.165) is 36.3 Å². The monoisotopic (exact) mass is 388 g/mol. The second-order valence-corrected chi connectivity index (χ2v) is 7.51. The molecule has 0 amide bonds. The van der Waals surface area contributed by atoms with Crippen LogP contribution < -0.4 is 14.2 Å². The van der Waals surface area contributed by atoms with Gasteiger partial charge in [0, 0.05) is 5.41 Å². The van der Waals surface area contributed by atoms with Crippen molar-refractivity contribution in [1.29, 1.82) is 0 Å². The van der Waals surface area contributed by atoms with Gasteiger partial charge in [-0.25, -0.2) is 4.39 Å². The summed E-state index contributed by atoms with van der Waals surface area (Å²) in [6.45, 7) is 0.291. The van der Waals surface area contributed by atoms with E-state index >= 15 is 0 Å². The maximum Gasteiger partial charge on any atom is 0.231 e. The third-order valence-electron chi connectivity index (χ3n) is 5.49. The predicted molar refractivity (Wildman–Crippen MR) is 109 cm³/mol. The van der Waals surface area contributed by atoms with Gasteiger partial charge in [0.25, 0.3) is 0 Å². The van der Waals surface area contributed by atoms with E-state index in [4.69, 9.17) is 14.2 Å². The number of para-hydroxylation sites is 1. The van der Waals surface area contributed by atoms with Crippen molar-refractivity contribution in [1.82, 2.24) is 0 Å². The Morgan fingerprint density at radius 3 is 2.59 bits per heavy atom. The molecule has 0 bridgehead atoms. The fourth-order valence-electron chi connectivity index (χ4n) is 3.68. The second kappa shape index (κ2) is 7.28. The zero-order valence-corrected chi connectivity index (χ0v) is 15.9. The molecule has 1 saturated carbocycles. The van der Waals surface area contributed by atoms with Gasteiger partial charge in [-0.15, -0.1) is 0 Å². The second-order valence-electron chi connectivity index (χ2n) is 7.51. The largest absolute Gasteiger partial charge is 0.454 e. The molecule has 2 aliphatic rings. The summed E-state index contributed by atoms with van der Waals surface area (Å²) < 4.78 is 30.8. The van der Waals surface area contributed by atoms with Crippen molar-refractivity contribution >= 4 is 0 Å². The maximum atomic E-state index is 14.1. The van der Waals surface area contributed by atoms with E-state index in [1.807, 2.05) is 36.4 Å². The van der Waals surface area contributed by atoms with Crippen LogP contribution in [-0.2, 0) is 11.8 Å². The number of allylic oxidation sites excluding steroid dienone is 2. The van der Waals surface area contributed by atoms with Crippen LogP contribution in [0, 0.1) is 5.82 Å². The van der Waals surface area contributed by atoms with Crippen LogP contribution in [0.4, 0.5) is 4.39 Å². The normalized spacial score (nSPS) is 16.2. The number of benzene rings is 3. The first-order valence-electron chi connectivity index (χ1n) is 9.81. The minimum absolute atomic E-state index is 0.0738. The minimum atomic E-state index is -0.361. The minimum Gasteiger partial charge on any atom is -0.454 e. The van der Waals surface area contributed by atoms with E-state index in [2.05, 4.69) is 24.3 Å². The number of hydrogen-bond donors (Lipinski definition) is 0. The zero-order chi connectivity index (χ0) is 19.7. The molecule has 3 aromatic carbocycles. The van der Waals surface area contributed by atoms with Crippen LogP contribution in [0.1, 0.15) is 24.0 Å². The van der Waals surface area contributed by atoms with Crippen LogP contribution in [0.5, 0.6) is 23.0 Å². The fourth-order valence-corrected chi connectivity index (χ4v) is 3.68. The molecule has 0 unspecified atom stereocenters. The topological polar surface area (TPSA) is 27.7 Å². The Bertz CT molecular complexity index is 1050. The molecular formula is C25H21FO3. The zero-order valence-electron chi connectivity index (χ0n) is 15.9. The lowest BCUT2D eigenvalue weighted by Crippen LogP contribution is -2.02. The van der Waals surface area contributed by atoms with Crippen LogP contribution in [0.25, 0.3) is 0 Å². The third kappa shape index (κ3) is 3.70. The lowest BCUT2D eigenvalue weighted by atomic mass is 9.94. The summed E-state index contributed by atoms with van der Waals surface area (Å²) in [5.74, 6) is 2.15. The van der Waals surface area contributed by atoms with Crippen LogP contribution >= 0.6 is 0 Å². The Morgan fingerprint density at radius 2 is 1.76 bits per heavy atom. The van der Waals surface area contributed by atoms with Gasteiger partial charge in [0.2, 0.25) is 6.79 Å². The highest BCUT2D eigenvalue weighted by molar-refractivity contribution is 5.50. The van der Waals surface area contributed by atoms with Gasteiger partial charge in [0.15, 0.2) is 23.1 Å². The Labute approximate surface area is 169 Å². The first-order valence-corrected chi connectivity index (χ1v) is 9.81. The maximum absolute atomic E-state index is 14.1. The number of rotatable bonds is 6. The number of fused-ring (bicyclic) bond motifs is 1. The van der Waals surface area contributed by atoms with E-state index in [9.17, 15) is 4.39 Å². The van der Waals surface area contributed by atoms with Crippen molar-refractivity contribution in [2.75, 3.05) is 6.79 Å². The first kappa shape index (κ1) is 17.8. The van der Waals surface area contributed by atoms with Crippen molar-refractivity contribution in [3.63, 3.8) is 0 Å². The number of hydrogen-bond acceptors (Lipinski definition) is 3. The number of ether oxygens (including phenoxy) is 3. The van der Waals surface area contributed by atoms with Crippen LogP contribution in [0.2, 0.25) is 0 Å². The van der Waals surface area contributed by atoms with E-state index < -0.39 is 0 Å². The summed E-state index contributed by atoms with van der Waals surface area (Å²) in [5.41, 5.74) is 2.34. The van der Waals surface area contributed by atoms with Crippen molar-refractivity contribution in [3.05, 3.63) is 95.8 Å². The molecule has 29 heavy (non-hydrogen) atoms. The molecule has 146 valence electrons. The summed E-state index contributed by atoms with van der Waals surface area (Å²) in [6, 6.07) is 20.5. The molecule has 4 heteroatoms. The molecule has 0 aromatic heterocycles. The quantitative estimate of drug-likeness (QED) is 0.472. The van der Waals surface area contributed by atoms with Crippen molar-refractivity contribution in [2.24, 2.45) is 0 Å². The number of halogens is 1. The molecule has 0 saturated heterocycles. The van der Waals surface area contributed by atoms with Gasteiger partial charge in [0.1, 0.15) is 5.75 Å². The Hall–Kier alpha value is -3.27. The molecule has 3 nitrogen and oxygen atoms in total. The van der Waals surface area contributed by atoms with Crippen LogP contribution in [0.3, 0.4) is 0 Å². The summed E-state index contributed by atoms with van der Waals surface area (Å²) >= 11 is 0. The van der Waals surface area contributed by atoms with Gasteiger partial charge < -0.3 is 14.2 Å². The van der Waals surface area contributed by atoms with E-state index in [0.29, 0.717) is 12.5 Å². The third-order valence-corrected chi connectivity index (χ3v) is 5.49. The van der Waals surface area contributed by atoms with Gasteiger partial charge in [-0.05, 0) is 66.8 Å². The smallest absolute Gasteiger partial charge is 0.231 e. The molecule has 1 aliphatic carbocycles. The van der Waals surface area contributed by atoms with Gasteiger partial charge in [-0.3, -0.25) is 0 Å². The molecule has 0 spiro atoms. The average Bonchev–Trinajstić information content (AvgIpc) is 3.38. The van der Waals surface area contributed by atoms with E-state index in [1.165, 1.54) is 11.6 Å². The van der Waals surface area contributed by atoms with Gasteiger partial charge in [-0.2, -0.15) is 0 Å². The lowest BCUT2D eigenvalue weighted by Gasteiger charge is -2.12. The van der Waals surface area contributed by atoms with E-state index in [-0.39, 0.29) is 17.0 Å². The molecule has 0 atom stereocenters. The lowest BCUT2D eigenvalue weighted by molar-refractivity contribution is 0.174. The Morgan fingerprint density at radius 1 is 0.931 bits per heavy atom. The highest BCUT2D eigenvalue weighted by Gasteiger charge is 2.42. The molecule has 5 rings (SSSR count). The van der Waals surface area contributed by atoms with Crippen molar-refractivity contribution < 1.29 is 18.6 Å². The Balaban J connectivity index is 1.30. The fraction of sp³-hybridized carbons (Fsp3) is 0.200. The molecule has 1 fully saturated rings. The van der Waals surface area contributed by atoms with Crippen molar-refractivity contribution in [2.45, 2.75) is 24.7 Å². The summed E-state index contributed by atoms with van der Waals surface area (Å²) in [5, 5.41) is 0. The standard InChI is InChI=1S/C25H21FO3/c26-21-10-8-18(15-23(21)29-20-6-2-1-3-7-20)5-4-12-25(13-14-25)19-9-11-22-24(16-19)28-17-27-22/h1-4,6-12,15-16H,5,13-14,17H2/b12-4+. The predicted octanol–water partition coefficient (Wildman–Crippen LogP) is 6.18. The van der Waals surface area contributed by atoms with Gasteiger partial charge in [-0.1, -0.05) is 42.5 Å². The van der Waals surface area contributed by atoms with Crippen molar-refractivity contribution in [3.8, 4) is 23.0 Å². The highest BCUT2D eigenvalue weighted by Crippen LogP contribution is 2.51. The highest BCUT2D eigenvalue weighted by atomic mass is 19.1. The Kier molecular flexibility index (Phi) is 4.47. The molecule has 0 radical (unpaired) electrons. The molecule has 3 aromatic rings. The first-order chi connectivity index (χ1) is 14.2. The van der Waals surface area contributed by atoms with Crippen LogP contribution in [0.15, 0.2) is 78.9 Å². The van der Waals surface area contributed by atoms with E-state index in [1.54, 1.807) is 12.1 Å². The van der Waals surface area contributed by atoms with Crippen LogP contribution in [-0.4, -0.2) is 6.79 Å². The molecule has 1 heterocycles. The average molecular weight is 388 g/mol. The molecule has 0 N–H and O–H groups in total. The van der Waals surface area contributed by atoms with Gasteiger partial charge >= 0.3 is 0 Å². The summed E-state index contributed by atoms with van der Waals surface area (Å²) in [7, 11) is 0. The summed E-state index contributed by atoms with van der Waals surface area (Å²) in [4.78, 5) is 0.